The van der Waals surface area contributed by atoms with Crippen molar-refractivity contribution < 1.29 is 19.5 Å². The van der Waals surface area contributed by atoms with Crippen molar-refractivity contribution in [3.05, 3.63) is 69.6 Å². The first-order chi connectivity index (χ1) is 14.8. The monoisotopic (exact) mass is 475 g/mol. The van der Waals surface area contributed by atoms with Crippen LogP contribution in [0.15, 0.2) is 53.4 Å². The van der Waals surface area contributed by atoms with Crippen molar-refractivity contribution in [2.45, 2.75) is 12.8 Å². The lowest BCUT2D eigenvalue weighted by Crippen LogP contribution is -2.41. The lowest BCUT2D eigenvalue weighted by Gasteiger charge is -2.14. The van der Waals surface area contributed by atoms with Crippen molar-refractivity contribution >= 4 is 63.7 Å². The van der Waals surface area contributed by atoms with Gasteiger partial charge in [0.2, 0.25) is 5.91 Å². The number of nitrogens with one attached hydrogen (secondary N) is 2. The second kappa shape index (κ2) is 10.4. The van der Waals surface area contributed by atoms with Gasteiger partial charge in [-0.05, 0) is 48.4 Å². The van der Waals surface area contributed by atoms with Crippen LogP contribution in [0.5, 0.6) is 5.75 Å². The predicted octanol–water partition coefficient (Wildman–Crippen LogP) is 3.49. The largest absolute Gasteiger partial charge is 0.508 e. The fourth-order valence-corrected chi connectivity index (χ4v) is 4.19. The number of thiocarbonyl (C=S) groups is 1. The molecule has 3 N–H and O–H groups in total. The van der Waals surface area contributed by atoms with E-state index >= 15 is 0 Å². The molecule has 7 nitrogen and oxygen atoms in total. The molecule has 2 aromatic carbocycles. The predicted molar refractivity (Wildman–Crippen MR) is 124 cm³/mol. The van der Waals surface area contributed by atoms with E-state index in [1.807, 2.05) is 18.2 Å². The van der Waals surface area contributed by atoms with Gasteiger partial charge in [-0.2, -0.15) is 0 Å². The minimum atomic E-state index is -0.505. The number of phenols is 1. The van der Waals surface area contributed by atoms with Crippen LogP contribution in [-0.4, -0.2) is 38.6 Å². The molecular weight excluding hydrogens is 458 g/mol. The summed E-state index contributed by atoms with van der Waals surface area (Å²) in [6, 6.07) is 12.8. The van der Waals surface area contributed by atoms with E-state index < -0.39 is 11.8 Å². The first kappa shape index (κ1) is 22.8. The molecule has 0 aliphatic carbocycles. The Hall–Kier alpha value is -2.88. The van der Waals surface area contributed by atoms with Gasteiger partial charge in [-0.15, -0.1) is 0 Å². The Morgan fingerprint density at radius 1 is 1.13 bits per heavy atom. The van der Waals surface area contributed by atoms with E-state index in [1.165, 1.54) is 40.9 Å². The average Bonchev–Trinajstić information content (AvgIpc) is 3.01. The lowest BCUT2D eigenvalue weighted by atomic mass is 10.2. The Morgan fingerprint density at radius 2 is 1.84 bits per heavy atom. The number of carbonyl (C=O) groups excluding carboxylic acids is 3. The first-order valence-electron chi connectivity index (χ1n) is 9.23. The van der Waals surface area contributed by atoms with Crippen LogP contribution in [0.4, 0.5) is 0 Å². The topological polar surface area (TPSA) is 98.7 Å². The van der Waals surface area contributed by atoms with Crippen molar-refractivity contribution in [2.24, 2.45) is 0 Å². The summed E-state index contributed by atoms with van der Waals surface area (Å²) in [6.07, 6.45) is 2.16. The van der Waals surface area contributed by atoms with Gasteiger partial charge in [0, 0.05) is 23.6 Å². The van der Waals surface area contributed by atoms with Crippen LogP contribution in [0.1, 0.15) is 28.8 Å². The molecule has 0 saturated carbocycles. The summed E-state index contributed by atoms with van der Waals surface area (Å²) < 4.78 is 0.421. The van der Waals surface area contributed by atoms with Crippen LogP contribution in [0.3, 0.4) is 0 Å². The average molecular weight is 476 g/mol. The standard InChI is InChI=1S/C21H18ClN3O4S2/c22-16-5-2-1-4-14(16)12-17-20(29)25(21(30)31-17)11-3-6-18(27)23-24-19(28)13-7-9-15(26)10-8-13/h1-2,4-5,7-10,12,26H,3,6,11H2,(H,23,27)(H,24,28)/b17-12-. The van der Waals surface area contributed by atoms with E-state index in [9.17, 15) is 19.5 Å². The maximum atomic E-state index is 12.6. The first-order valence-corrected chi connectivity index (χ1v) is 10.8. The van der Waals surface area contributed by atoms with Crippen molar-refractivity contribution in [1.82, 2.24) is 15.8 Å². The second-order valence-corrected chi connectivity index (χ2v) is 8.59. The summed E-state index contributed by atoms with van der Waals surface area (Å²) in [5.74, 6) is -1.09. The summed E-state index contributed by atoms with van der Waals surface area (Å²) in [4.78, 5) is 38.5. The highest BCUT2D eigenvalue weighted by atomic mass is 35.5. The quantitative estimate of drug-likeness (QED) is 0.336. The molecule has 0 aromatic heterocycles. The fraction of sp³-hybridized carbons (Fsp3) is 0.143. The molecule has 0 spiro atoms. The molecule has 1 saturated heterocycles. The highest BCUT2D eigenvalue weighted by molar-refractivity contribution is 8.26. The zero-order valence-electron chi connectivity index (χ0n) is 16.1. The van der Waals surface area contributed by atoms with E-state index in [1.54, 1.807) is 12.1 Å². The number of hydrazine groups is 1. The normalized spacial score (nSPS) is 14.7. The van der Waals surface area contributed by atoms with E-state index in [0.717, 1.165) is 5.56 Å². The van der Waals surface area contributed by atoms with Gasteiger partial charge in [0.25, 0.3) is 11.8 Å². The summed E-state index contributed by atoms with van der Waals surface area (Å²) in [6.45, 7) is 0.282. The number of benzene rings is 2. The van der Waals surface area contributed by atoms with Gasteiger partial charge >= 0.3 is 0 Å². The van der Waals surface area contributed by atoms with Crippen molar-refractivity contribution in [2.75, 3.05) is 6.54 Å². The van der Waals surface area contributed by atoms with Gasteiger partial charge < -0.3 is 5.11 Å². The van der Waals surface area contributed by atoms with E-state index in [4.69, 9.17) is 23.8 Å². The van der Waals surface area contributed by atoms with Crippen LogP contribution in [0.25, 0.3) is 6.08 Å². The van der Waals surface area contributed by atoms with E-state index in [0.29, 0.717) is 26.2 Å². The molecule has 0 atom stereocenters. The number of thioether (sulfide) groups is 1. The molecule has 1 aliphatic rings. The van der Waals surface area contributed by atoms with Crippen molar-refractivity contribution in [1.29, 1.82) is 0 Å². The molecule has 0 radical (unpaired) electrons. The molecule has 2 aromatic rings. The molecule has 3 rings (SSSR count). The van der Waals surface area contributed by atoms with Crippen LogP contribution < -0.4 is 10.9 Å². The Bertz CT molecular complexity index is 1060. The molecule has 3 amide bonds. The van der Waals surface area contributed by atoms with Gasteiger partial charge in [0.1, 0.15) is 10.1 Å². The number of rotatable bonds is 6. The highest BCUT2D eigenvalue weighted by Crippen LogP contribution is 2.33. The van der Waals surface area contributed by atoms with Gasteiger partial charge in [-0.25, -0.2) is 0 Å². The van der Waals surface area contributed by atoms with Gasteiger partial charge in [-0.3, -0.25) is 30.1 Å². The Labute approximate surface area is 193 Å². The van der Waals surface area contributed by atoms with Gasteiger partial charge in [0.05, 0.1) is 4.91 Å². The molecule has 31 heavy (non-hydrogen) atoms. The number of carbonyl (C=O) groups is 3. The van der Waals surface area contributed by atoms with Crippen LogP contribution in [0.2, 0.25) is 5.02 Å². The maximum absolute atomic E-state index is 12.6. The lowest BCUT2D eigenvalue weighted by molar-refractivity contribution is -0.124. The molecule has 1 fully saturated rings. The summed E-state index contributed by atoms with van der Waals surface area (Å²) in [5.41, 5.74) is 5.65. The zero-order chi connectivity index (χ0) is 22.4. The SMILES string of the molecule is O=C(CCCN1C(=O)/C(=C/c2ccccc2Cl)SC1=S)NNC(=O)c1ccc(O)cc1. The van der Waals surface area contributed by atoms with Gasteiger partial charge in [-0.1, -0.05) is 53.8 Å². The molecule has 10 heteroatoms. The number of nitrogens with zero attached hydrogens (tertiary/aromatic N) is 1. The molecular formula is C21H18ClN3O4S2. The minimum Gasteiger partial charge on any atom is -0.508 e. The molecule has 1 heterocycles. The third kappa shape index (κ3) is 6.06. The number of amides is 3. The Balaban J connectivity index is 1.46. The smallest absolute Gasteiger partial charge is 0.269 e. The third-order valence-electron chi connectivity index (χ3n) is 4.30. The van der Waals surface area contributed by atoms with E-state index in [-0.39, 0.29) is 24.6 Å². The van der Waals surface area contributed by atoms with Crippen LogP contribution >= 0.6 is 35.6 Å². The highest BCUT2D eigenvalue weighted by Gasteiger charge is 2.31. The van der Waals surface area contributed by atoms with Crippen LogP contribution in [0, 0.1) is 0 Å². The summed E-state index contributed by atoms with van der Waals surface area (Å²) in [7, 11) is 0. The Morgan fingerprint density at radius 3 is 2.55 bits per heavy atom. The molecule has 160 valence electrons. The maximum Gasteiger partial charge on any atom is 0.269 e. The van der Waals surface area contributed by atoms with Crippen molar-refractivity contribution in [3.8, 4) is 5.75 Å². The third-order valence-corrected chi connectivity index (χ3v) is 6.02. The molecule has 0 unspecified atom stereocenters. The van der Waals surface area contributed by atoms with Gasteiger partial charge in [0.15, 0.2) is 0 Å². The minimum absolute atomic E-state index is 0.0398. The fourth-order valence-electron chi connectivity index (χ4n) is 2.70. The number of hydrogen-bond acceptors (Lipinski definition) is 6. The van der Waals surface area contributed by atoms with Crippen molar-refractivity contribution in [3.63, 3.8) is 0 Å². The zero-order valence-corrected chi connectivity index (χ0v) is 18.5. The number of phenolic OH excluding ortho intramolecular Hbond substituents is 1. The molecule has 0 bridgehead atoms. The summed E-state index contributed by atoms with van der Waals surface area (Å²) in [5, 5.41) is 9.77. The summed E-state index contributed by atoms with van der Waals surface area (Å²) >= 11 is 12.6. The second-order valence-electron chi connectivity index (χ2n) is 6.51. The van der Waals surface area contributed by atoms with E-state index in [2.05, 4.69) is 10.9 Å². The molecule has 1 aliphatic heterocycles. The number of halogens is 1. The Kier molecular flexibility index (Phi) is 7.67. The number of aromatic hydroxyl groups is 1. The number of hydrogen-bond donors (Lipinski definition) is 3. The van der Waals surface area contributed by atoms with Crippen LogP contribution in [-0.2, 0) is 9.59 Å².